The van der Waals surface area contributed by atoms with E-state index in [1.165, 1.54) is 0 Å². The van der Waals surface area contributed by atoms with Crippen molar-refractivity contribution in [3.63, 3.8) is 0 Å². The van der Waals surface area contributed by atoms with Gasteiger partial charge in [0.2, 0.25) is 5.95 Å². The van der Waals surface area contributed by atoms with Crippen molar-refractivity contribution in [1.29, 1.82) is 0 Å². The van der Waals surface area contributed by atoms with Gasteiger partial charge in [-0.1, -0.05) is 30.3 Å². The maximum atomic E-state index is 14.1. The zero-order valence-electron chi connectivity index (χ0n) is 13.9. The molecule has 0 fully saturated rings. The Morgan fingerprint density at radius 3 is 2.69 bits per heavy atom. The minimum absolute atomic E-state index is 0.0202. The van der Waals surface area contributed by atoms with Crippen molar-refractivity contribution in [2.24, 2.45) is 0 Å². The zero-order valence-corrected chi connectivity index (χ0v) is 13.9. The molecule has 2 heterocycles. The quantitative estimate of drug-likeness (QED) is 0.485. The maximum Gasteiger partial charge on any atom is 0.229 e. The van der Waals surface area contributed by atoms with E-state index < -0.39 is 11.9 Å². The van der Waals surface area contributed by atoms with E-state index >= 15 is 0 Å². The molecule has 1 atom stereocenters. The van der Waals surface area contributed by atoms with E-state index in [-0.39, 0.29) is 25.0 Å². The maximum absolute atomic E-state index is 14.1. The number of aromatic nitrogens is 4. The Kier molecular flexibility index (Phi) is 5.72. The van der Waals surface area contributed by atoms with Crippen LogP contribution in [-0.4, -0.2) is 43.2 Å². The summed E-state index contributed by atoms with van der Waals surface area (Å²) in [7, 11) is 0. The Morgan fingerprint density at radius 1 is 1.15 bits per heavy atom. The van der Waals surface area contributed by atoms with E-state index in [1.54, 1.807) is 17.1 Å². The van der Waals surface area contributed by atoms with Crippen LogP contribution in [0.15, 0.2) is 48.9 Å². The third-order valence-electron chi connectivity index (χ3n) is 3.66. The fourth-order valence-electron chi connectivity index (χ4n) is 2.40. The van der Waals surface area contributed by atoms with Crippen LogP contribution in [-0.2, 0) is 6.54 Å². The van der Waals surface area contributed by atoms with Crippen LogP contribution >= 0.6 is 0 Å². The van der Waals surface area contributed by atoms with E-state index in [0.717, 1.165) is 11.8 Å². The number of hydrogen-bond donors (Lipinski definition) is 4. The molecule has 136 valence electrons. The number of nitrogens with zero attached hydrogens (tertiary/aromatic N) is 4. The number of anilines is 3. The number of nitrogens with one attached hydrogen (secondary N) is 2. The van der Waals surface area contributed by atoms with Crippen molar-refractivity contribution in [2.75, 3.05) is 23.8 Å². The van der Waals surface area contributed by atoms with Crippen molar-refractivity contribution >= 4 is 17.5 Å². The van der Waals surface area contributed by atoms with E-state index in [2.05, 4.69) is 25.7 Å². The fraction of sp³-hybridized carbons (Fsp3) is 0.235. The molecule has 2 aromatic heterocycles. The molecule has 1 aromatic carbocycles. The summed E-state index contributed by atoms with van der Waals surface area (Å²) < 4.78 is 15.6. The van der Waals surface area contributed by atoms with Gasteiger partial charge in [-0.3, -0.25) is 4.68 Å². The van der Waals surface area contributed by atoms with Gasteiger partial charge in [0.15, 0.2) is 11.6 Å². The monoisotopic (exact) mass is 358 g/mol. The first-order chi connectivity index (χ1) is 12.7. The third kappa shape index (κ3) is 4.32. The van der Waals surface area contributed by atoms with Crippen LogP contribution < -0.4 is 10.6 Å². The largest absolute Gasteiger partial charge is 0.394 e. The first-order valence-corrected chi connectivity index (χ1v) is 8.05. The predicted octanol–water partition coefficient (Wildman–Crippen LogP) is 1.69. The summed E-state index contributed by atoms with van der Waals surface area (Å²) >= 11 is 0. The lowest BCUT2D eigenvalue weighted by molar-refractivity contribution is 0.269. The second-order valence-corrected chi connectivity index (χ2v) is 5.52. The molecular weight excluding hydrogens is 339 g/mol. The van der Waals surface area contributed by atoms with Crippen molar-refractivity contribution in [3.8, 4) is 0 Å². The number of halogens is 1. The molecular formula is C17H19FN6O2. The molecule has 0 bridgehead atoms. The second-order valence-electron chi connectivity index (χ2n) is 5.52. The highest BCUT2D eigenvalue weighted by Gasteiger charge is 2.15. The van der Waals surface area contributed by atoms with Gasteiger partial charge in [0.1, 0.15) is 0 Å². The molecule has 0 saturated heterocycles. The zero-order chi connectivity index (χ0) is 18.4. The van der Waals surface area contributed by atoms with Crippen molar-refractivity contribution in [1.82, 2.24) is 19.7 Å². The number of rotatable bonds is 8. The molecule has 9 heteroatoms. The SMILES string of the molecule is OCCn1cc(Nc2ncc(F)c(NC(CO)c3ccccc3)n2)cn1. The molecule has 8 nitrogen and oxygen atoms in total. The molecule has 3 aromatic rings. The van der Waals surface area contributed by atoms with Crippen molar-refractivity contribution < 1.29 is 14.6 Å². The lowest BCUT2D eigenvalue weighted by Gasteiger charge is -2.18. The van der Waals surface area contributed by atoms with Gasteiger partial charge in [0, 0.05) is 6.20 Å². The summed E-state index contributed by atoms with van der Waals surface area (Å²) in [6.45, 7) is 0.127. The summed E-state index contributed by atoms with van der Waals surface area (Å²) in [6.07, 6.45) is 4.28. The van der Waals surface area contributed by atoms with Crippen LogP contribution in [0, 0.1) is 5.82 Å². The van der Waals surface area contributed by atoms with Crippen LogP contribution in [0.1, 0.15) is 11.6 Å². The van der Waals surface area contributed by atoms with E-state index in [0.29, 0.717) is 12.2 Å². The molecule has 0 aliphatic rings. The highest BCUT2D eigenvalue weighted by Crippen LogP contribution is 2.21. The number of hydrogen-bond acceptors (Lipinski definition) is 7. The fourth-order valence-corrected chi connectivity index (χ4v) is 2.40. The lowest BCUT2D eigenvalue weighted by atomic mass is 10.1. The Hall–Kier alpha value is -3.04. The van der Waals surface area contributed by atoms with Gasteiger partial charge in [-0.2, -0.15) is 10.1 Å². The minimum Gasteiger partial charge on any atom is -0.394 e. The highest BCUT2D eigenvalue weighted by atomic mass is 19.1. The second kappa shape index (κ2) is 8.37. The first kappa shape index (κ1) is 17.8. The molecule has 0 aliphatic heterocycles. The van der Waals surface area contributed by atoms with Crippen LogP contribution in [0.2, 0.25) is 0 Å². The van der Waals surface area contributed by atoms with Crippen molar-refractivity contribution in [3.05, 3.63) is 60.3 Å². The average Bonchev–Trinajstić information content (AvgIpc) is 3.10. The summed E-state index contributed by atoms with van der Waals surface area (Å²) in [4.78, 5) is 8.04. The molecule has 0 radical (unpaired) electrons. The van der Waals surface area contributed by atoms with Gasteiger partial charge < -0.3 is 20.8 Å². The van der Waals surface area contributed by atoms with Gasteiger partial charge in [0.05, 0.1) is 43.9 Å². The molecule has 0 aliphatic carbocycles. The molecule has 3 rings (SSSR count). The molecule has 26 heavy (non-hydrogen) atoms. The Balaban J connectivity index is 1.76. The molecule has 1 unspecified atom stereocenters. The summed E-state index contributed by atoms with van der Waals surface area (Å²) in [5.74, 6) is -0.462. The molecule has 0 spiro atoms. The van der Waals surface area contributed by atoms with E-state index in [4.69, 9.17) is 5.11 Å². The van der Waals surface area contributed by atoms with Gasteiger partial charge >= 0.3 is 0 Å². The number of benzene rings is 1. The predicted molar refractivity (Wildman–Crippen MR) is 94.5 cm³/mol. The molecule has 0 amide bonds. The molecule has 0 saturated carbocycles. The number of aliphatic hydroxyl groups excluding tert-OH is 2. The molecule has 4 N–H and O–H groups in total. The van der Waals surface area contributed by atoms with Crippen LogP contribution in [0.3, 0.4) is 0 Å². The van der Waals surface area contributed by atoms with Gasteiger partial charge in [-0.15, -0.1) is 0 Å². The highest BCUT2D eigenvalue weighted by molar-refractivity contribution is 5.53. The van der Waals surface area contributed by atoms with Crippen LogP contribution in [0.5, 0.6) is 0 Å². The van der Waals surface area contributed by atoms with Crippen LogP contribution in [0.25, 0.3) is 0 Å². The summed E-state index contributed by atoms with van der Waals surface area (Å²) in [6, 6.07) is 8.71. The topological polar surface area (TPSA) is 108 Å². The van der Waals surface area contributed by atoms with E-state index in [9.17, 15) is 9.50 Å². The third-order valence-corrected chi connectivity index (χ3v) is 3.66. The van der Waals surface area contributed by atoms with Crippen molar-refractivity contribution in [2.45, 2.75) is 12.6 Å². The van der Waals surface area contributed by atoms with Gasteiger partial charge in [0.25, 0.3) is 0 Å². The van der Waals surface area contributed by atoms with Crippen LogP contribution in [0.4, 0.5) is 21.8 Å². The van der Waals surface area contributed by atoms with Gasteiger partial charge in [-0.05, 0) is 5.56 Å². The minimum atomic E-state index is -0.624. The average molecular weight is 358 g/mol. The van der Waals surface area contributed by atoms with E-state index in [1.807, 2.05) is 30.3 Å². The standard InChI is InChI=1S/C17H19FN6O2/c18-14-9-19-17(21-13-8-20-24(10-13)6-7-25)23-16(14)22-15(11-26)12-4-2-1-3-5-12/h1-5,8-10,15,25-26H,6-7,11H2,(H2,19,21,22,23). The number of aliphatic hydroxyl groups is 2. The smallest absolute Gasteiger partial charge is 0.229 e. The summed E-state index contributed by atoms with van der Waals surface area (Å²) in [5.41, 5.74) is 1.42. The normalized spacial score (nSPS) is 12.0. The Bertz CT molecular complexity index is 842. The van der Waals surface area contributed by atoms with Gasteiger partial charge in [-0.25, -0.2) is 9.37 Å². The lowest BCUT2D eigenvalue weighted by Crippen LogP contribution is -2.17. The Labute approximate surface area is 149 Å². The first-order valence-electron chi connectivity index (χ1n) is 8.05. The Morgan fingerprint density at radius 2 is 1.96 bits per heavy atom. The summed E-state index contributed by atoms with van der Waals surface area (Å²) in [5, 5.41) is 28.4.